The smallest absolute Gasteiger partial charge is 0.0807 e. The molecule has 0 aromatic heterocycles. The van der Waals surface area contributed by atoms with Crippen molar-refractivity contribution in [3.8, 4) is 0 Å². The lowest BCUT2D eigenvalue weighted by atomic mass is 9.79. The van der Waals surface area contributed by atoms with Crippen molar-refractivity contribution in [2.24, 2.45) is 5.92 Å². The fraction of sp³-hybridized carbons (Fsp3) is 1.00. The topological polar surface area (TPSA) is 30.5 Å². The zero-order valence-electron chi connectivity index (χ0n) is 12.9. The van der Waals surface area contributed by atoms with Gasteiger partial charge in [-0.25, -0.2) is 0 Å². The van der Waals surface area contributed by atoms with Gasteiger partial charge in [0.2, 0.25) is 0 Å². The standard InChI is InChI=1S/C16H31NO2/c1-13(2)18-10-11-19-16(12-17-15-4-5-15)8-6-14(3)7-9-16/h13-15,17H,4-12H2,1-3H3. The zero-order valence-corrected chi connectivity index (χ0v) is 12.9. The van der Waals surface area contributed by atoms with Gasteiger partial charge in [0.05, 0.1) is 24.9 Å². The molecule has 3 heteroatoms. The molecular formula is C16H31NO2. The van der Waals surface area contributed by atoms with Crippen LogP contribution in [-0.4, -0.2) is 37.5 Å². The summed E-state index contributed by atoms with van der Waals surface area (Å²) in [5.74, 6) is 0.865. The number of ether oxygens (including phenoxy) is 2. The second kappa shape index (κ2) is 7.05. The van der Waals surface area contributed by atoms with E-state index in [1.807, 2.05) is 0 Å². The molecule has 2 rings (SSSR count). The summed E-state index contributed by atoms with van der Waals surface area (Å²) < 4.78 is 11.9. The molecule has 0 spiro atoms. The van der Waals surface area contributed by atoms with Crippen LogP contribution in [0, 0.1) is 5.92 Å². The highest BCUT2D eigenvalue weighted by Gasteiger charge is 2.36. The first-order valence-electron chi connectivity index (χ1n) is 8.09. The van der Waals surface area contributed by atoms with Gasteiger partial charge in [-0.2, -0.15) is 0 Å². The van der Waals surface area contributed by atoms with Crippen LogP contribution in [0.25, 0.3) is 0 Å². The lowest BCUT2D eigenvalue weighted by Gasteiger charge is -2.39. The van der Waals surface area contributed by atoms with Gasteiger partial charge in [-0.1, -0.05) is 6.92 Å². The van der Waals surface area contributed by atoms with Crippen molar-refractivity contribution in [2.75, 3.05) is 19.8 Å². The molecule has 0 atom stereocenters. The Kier molecular flexibility index (Phi) is 5.67. The summed E-state index contributed by atoms with van der Waals surface area (Å²) in [6.45, 7) is 9.00. The Balaban J connectivity index is 1.75. The molecule has 1 N–H and O–H groups in total. The van der Waals surface area contributed by atoms with E-state index in [2.05, 4.69) is 26.1 Å². The van der Waals surface area contributed by atoms with Crippen LogP contribution >= 0.6 is 0 Å². The van der Waals surface area contributed by atoms with Crippen molar-refractivity contribution < 1.29 is 9.47 Å². The Morgan fingerprint density at radius 1 is 1.11 bits per heavy atom. The van der Waals surface area contributed by atoms with E-state index in [0.29, 0.717) is 6.10 Å². The molecule has 2 saturated carbocycles. The maximum atomic E-state index is 6.26. The second-order valence-electron chi connectivity index (χ2n) is 6.79. The highest BCUT2D eigenvalue weighted by atomic mass is 16.5. The van der Waals surface area contributed by atoms with E-state index in [1.165, 1.54) is 38.5 Å². The molecule has 2 aliphatic rings. The zero-order chi connectivity index (χ0) is 13.7. The number of hydrogen-bond donors (Lipinski definition) is 1. The van der Waals surface area contributed by atoms with Gasteiger partial charge in [-0.15, -0.1) is 0 Å². The van der Waals surface area contributed by atoms with Crippen molar-refractivity contribution in [1.29, 1.82) is 0 Å². The molecule has 2 fully saturated rings. The first-order valence-corrected chi connectivity index (χ1v) is 8.09. The summed E-state index contributed by atoms with van der Waals surface area (Å²) in [7, 11) is 0. The first kappa shape index (κ1) is 15.3. The summed E-state index contributed by atoms with van der Waals surface area (Å²) in [5.41, 5.74) is 0.0788. The SMILES string of the molecule is CC1CCC(CNC2CC2)(OCCOC(C)C)CC1. The lowest BCUT2D eigenvalue weighted by molar-refractivity contribution is -0.0967. The molecular weight excluding hydrogens is 238 g/mol. The van der Waals surface area contributed by atoms with Gasteiger partial charge in [0, 0.05) is 12.6 Å². The Bertz CT molecular complexity index is 255. The molecule has 0 radical (unpaired) electrons. The molecule has 0 saturated heterocycles. The highest BCUT2D eigenvalue weighted by Crippen LogP contribution is 2.35. The van der Waals surface area contributed by atoms with Gasteiger partial charge < -0.3 is 14.8 Å². The minimum Gasteiger partial charge on any atom is -0.376 e. The maximum absolute atomic E-state index is 6.26. The van der Waals surface area contributed by atoms with Crippen LogP contribution in [0.2, 0.25) is 0 Å². The van der Waals surface area contributed by atoms with E-state index in [0.717, 1.165) is 31.7 Å². The van der Waals surface area contributed by atoms with Gasteiger partial charge in [0.25, 0.3) is 0 Å². The minimum absolute atomic E-state index is 0.0788. The average molecular weight is 269 g/mol. The van der Waals surface area contributed by atoms with Crippen molar-refractivity contribution >= 4 is 0 Å². The summed E-state index contributed by atoms with van der Waals surface area (Å²) in [6.07, 6.45) is 8.02. The van der Waals surface area contributed by atoms with Crippen molar-refractivity contribution in [3.05, 3.63) is 0 Å². The quantitative estimate of drug-likeness (QED) is 0.687. The fourth-order valence-corrected chi connectivity index (χ4v) is 2.82. The van der Waals surface area contributed by atoms with Crippen LogP contribution in [0.5, 0.6) is 0 Å². The molecule has 0 aliphatic heterocycles. The minimum atomic E-state index is 0.0788. The first-order chi connectivity index (χ1) is 9.10. The van der Waals surface area contributed by atoms with Gasteiger partial charge in [0.1, 0.15) is 0 Å². The van der Waals surface area contributed by atoms with Crippen LogP contribution in [0.1, 0.15) is 59.3 Å². The van der Waals surface area contributed by atoms with E-state index in [4.69, 9.17) is 9.47 Å². The van der Waals surface area contributed by atoms with Gasteiger partial charge in [-0.05, 0) is 58.3 Å². The average Bonchev–Trinajstić information content (AvgIpc) is 3.19. The third kappa shape index (κ3) is 5.41. The van der Waals surface area contributed by atoms with Crippen molar-refractivity contribution in [2.45, 2.75) is 77.0 Å². The second-order valence-corrected chi connectivity index (χ2v) is 6.79. The molecule has 0 unspecified atom stereocenters. The van der Waals surface area contributed by atoms with E-state index in [1.54, 1.807) is 0 Å². The third-order valence-corrected chi connectivity index (χ3v) is 4.42. The van der Waals surface area contributed by atoms with Crippen LogP contribution in [0.4, 0.5) is 0 Å². The van der Waals surface area contributed by atoms with Crippen molar-refractivity contribution in [1.82, 2.24) is 5.32 Å². The molecule has 0 amide bonds. The highest BCUT2D eigenvalue weighted by molar-refractivity contribution is 4.92. The molecule has 0 bridgehead atoms. The third-order valence-electron chi connectivity index (χ3n) is 4.42. The summed E-state index contributed by atoms with van der Waals surface area (Å²) in [6, 6.07) is 0.770. The fourth-order valence-electron chi connectivity index (χ4n) is 2.82. The molecule has 112 valence electrons. The van der Waals surface area contributed by atoms with Crippen molar-refractivity contribution in [3.63, 3.8) is 0 Å². The van der Waals surface area contributed by atoms with Crippen LogP contribution < -0.4 is 5.32 Å². The van der Waals surface area contributed by atoms with Gasteiger partial charge in [0.15, 0.2) is 0 Å². The number of nitrogens with one attached hydrogen (secondary N) is 1. The maximum Gasteiger partial charge on any atom is 0.0807 e. The summed E-state index contributed by atoms with van der Waals surface area (Å²) >= 11 is 0. The molecule has 0 aromatic rings. The molecule has 2 aliphatic carbocycles. The Hall–Kier alpha value is -0.120. The molecule has 0 aromatic carbocycles. The van der Waals surface area contributed by atoms with E-state index in [-0.39, 0.29) is 5.60 Å². The molecule has 0 heterocycles. The van der Waals surface area contributed by atoms with Gasteiger partial charge >= 0.3 is 0 Å². The van der Waals surface area contributed by atoms with E-state index in [9.17, 15) is 0 Å². The van der Waals surface area contributed by atoms with Gasteiger partial charge in [-0.3, -0.25) is 0 Å². The summed E-state index contributed by atoms with van der Waals surface area (Å²) in [4.78, 5) is 0. The Morgan fingerprint density at radius 2 is 1.79 bits per heavy atom. The molecule has 3 nitrogen and oxygen atoms in total. The van der Waals surface area contributed by atoms with E-state index < -0.39 is 0 Å². The van der Waals surface area contributed by atoms with Crippen LogP contribution in [0.3, 0.4) is 0 Å². The largest absolute Gasteiger partial charge is 0.376 e. The van der Waals surface area contributed by atoms with Crippen LogP contribution in [0.15, 0.2) is 0 Å². The Morgan fingerprint density at radius 3 is 2.37 bits per heavy atom. The van der Waals surface area contributed by atoms with Crippen LogP contribution in [-0.2, 0) is 9.47 Å². The van der Waals surface area contributed by atoms with E-state index >= 15 is 0 Å². The predicted molar refractivity (Wildman–Crippen MR) is 78.4 cm³/mol. The monoisotopic (exact) mass is 269 g/mol. The Labute approximate surface area is 118 Å². The molecule has 19 heavy (non-hydrogen) atoms. The normalized spacial score (nSPS) is 31.9. The number of rotatable bonds is 8. The lowest BCUT2D eigenvalue weighted by Crippen LogP contribution is -2.47. The summed E-state index contributed by atoms with van der Waals surface area (Å²) in [5, 5.41) is 3.67. The predicted octanol–water partition coefficient (Wildman–Crippen LogP) is 3.13. The number of hydrogen-bond acceptors (Lipinski definition) is 3.